The van der Waals surface area contributed by atoms with Crippen LogP contribution in [0.15, 0.2) is 42.5 Å². The van der Waals surface area contributed by atoms with Crippen molar-refractivity contribution in [2.75, 3.05) is 17.1 Å². The summed E-state index contributed by atoms with van der Waals surface area (Å²) in [5, 5.41) is 3.12. The second-order valence-electron chi connectivity index (χ2n) is 10.4. The quantitative estimate of drug-likeness (QED) is 0.461. The topological polar surface area (TPSA) is 86.8 Å². The number of benzene rings is 2. The molecule has 0 saturated heterocycles. The van der Waals surface area contributed by atoms with E-state index in [0.717, 1.165) is 47.9 Å². The molecule has 1 aliphatic carbocycles. The summed E-state index contributed by atoms with van der Waals surface area (Å²) in [6.45, 7) is 8.16. The van der Waals surface area contributed by atoms with E-state index in [0.29, 0.717) is 18.7 Å². The van der Waals surface area contributed by atoms with Gasteiger partial charge in [-0.05, 0) is 81.3 Å². The van der Waals surface area contributed by atoms with Crippen molar-refractivity contribution < 1.29 is 18.0 Å². The highest BCUT2D eigenvalue weighted by molar-refractivity contribution is 7.92. The van der Waals surface area contributed by atoms with E-state index in [1.165, 1.54) is 10.6 Å². The molecular formula is C29H41N3O4S. The molecule has 2 aromatic rings. The Morgan fingerprint density at radius 3 is 2.24 bits per heavy atom. The fourth-order valence-corrected chi connectivity index (χ4v) is 5.99. The van der Waals surface area contributed by atoms with Crippen molar-refractivity contribution in [2.45, 2.75) is 84.8 Å². The Balaban J connectivity index is 1.74. The van der Waals surface area contributed by atoms with Crippen LogP contribution in [0.1, 0.15) is 67.7 Å². The maximum absolute atomic E-state index is 13.5. The van der Waals surface area contributed by atoms with E-state index in [-0.39, 0.29) is 30.8 Å². The van der Waals surface area contributed by atoms with Crippen LogP contribution in [-0.4, -0.2) is 50.0 Å². The lowest BCUT2D eigenvalue weighted by Gasteiger charge is -2.30. The van der Waals surface area contributed by atoms with Gasteiger partial charge >= 0.3 is 0 Å². The normalized spacial score (nSPS) is 14.8. The van der Waals surface area contributed by atoms with E-state index in [1.807, 2.05) is 63.2 Å². The van der Waals surface area contributed by atoms with Gasteiger partial charge in [0.2, 0.25) is 21.8 Å². The second-order valence-corrected chi connectivity index (χ2v) is 12.3. The number of anilines is 1. The molecule has 8 heteroatoms. The largest absolute Gasteiger partial charge is 0.352 e. The number of hydrogen-bond acceptors (Lipinski definition) is 4. The zero-order chi connectivity index (χ0) is 27.2. The number of nitrogens with one attached hydrogen (secondary N) is 1. The molecule has 1 atom stereocenters. The molecule has 0 bridgehead atoms. The second kappa shape index (κ2) is 12.6. The molecule has 1 fully saturated rings. The predicted molar refractivity (Wildman–Crippen MR) is 149 cm³/mol. The number of aryl methyl sites for hydroxylation is 3. The first-order valence-electron chi connectivity index (χ1n) is 13.2. The van der Waals surface area contributed by atoms with Gasteiger partial charge in [-0.2, -0.15) is 0 Å². The third-order valence-electron chi connectivity index (χ3n) is 7.12. The molecule has 202 valence electrons. The van der Waals surface area contributed by atoms with Crippen LogP contribution >= 0.6 is 0 Å². The third-order valence-corrected chi connectivity index (χ3v) is 8.31. The van der Waals surface area contributed by atoms with Crippen LogP contribution in [0.2, 0.25) is 0 Å². The third kappa shape index (κ3) is 8.06. The molecule has 1 saturated carbocycles. The number of carbonyl (C=O) groups is 2. The van der Waals surface area contributed by atoms with E-state index in [1.54, 1.807) is 11.8 Å². The number of carbonyl (C=O) groups excluding carboxylic acids is 2. The van der Waals surface area contributed by atoms with Gasteiger partial charge in [-0.3, -0.25) is 13.9 Å². The number of nitrogens with zero attached hydrogens (tertiary/aromatic N) is 2. The molecule has 7 nitrogen and oxygen atoms in total. The van der Waals surface area contributed by atoms with E-state index < -0.39 is 16.1 Å². The van der Waals surface area contributed by atoms with Gasteiger partial charge in [-0.25, -0.2) is 8.42 Å². The van der Waals surface area contributed by atoms with Gasteiger partial charge in [0.15, 0.2) is 0 Å². The highest BCUT2D eigenvalue weighted by atomic mass is 32.2. The monoisotopic (exact) mass is 527 g/mol. The fraction of sp³-hybridized carbons (Fsp3) is 0.517. The standard InChI is InChI=1S/C29H41N3O4S/c1-21-17-22(2)19-27(18-21)32(37(5,35)36)16-10-15-28(33)31(20-25-12-7-6-11-23(25)3)24(4)29(34)30-26-13-8-9-14-26/h6-7,11-12,17-19,24,26H,8-10,13-16,20H2,1-5H3,(H,30,34). The summed E-state index contributed by atoms with van der Waals surface area (Å²) in [5.41, 5.74) is 4.61. The molecule has 0 heterocycles. The van der Waals surface area contributed by atoms with Crippen LogP contribution in [0.3, 0.4) is 0 Å². The van der Waals surface area contributed by atoms with Gasteiger partial charge in [0.1, 0.15) is 6.04 Å². The minimum absolute atomic E-state index is 0.137. The summed E-state index contributed by atoms with van der Waals surface area (Å²) in [4.78, 5) is 28.2. The van der Waals surface area contributed by atoms with Crippen molar-refractivity contribution in [1.29, 1.82) is 0 Å². The van der Waals surface area contributed by atoms with Crippen LogP contribution in [0.5, 0.6) is 0 Å². The summed E-state index contributed by atoms with van der Waals surface area (Å²) in [5.74, 6) is -0.298. The Kier molecular flexibility index (Phi) is 9.76. The Morgan fingerprint density at radius 2 is 1.65 bits per heavy atom. The smallest absolute Gasteiger partial charge is 0.242 e. The zero-order valence-corrected chi connectivity index (χ0v) is 23.6. The van der Waals surface area contributed by atoms with Crippen molar-refractivity contribution in [3.05, 3.63) is 64.7 Å². The van der Waals surface area contributed by atoms with Crippen LogP contribution in [-0.2, 0) is 26.2 Å². The van der Waals surface area contributed by atoms with E-state index >= 15 is 0 Å². The molecule has 2 amide bonds. The van der Waals surface area contributed by atoms with Crippen molar-refractivity contribution >= 4 is 27.5 Å². The number of sulfonamides is 1. The first kappa shape index (κ1) is 28.7. The molecule has 0 aliphatic heterocycles. The van der Waals surface area contributed by atoms with Crippen LogP contribution in [0.25, 0.3) is 0 Å². The number of hydrogen-bond donors (Lipinski definition) is 1. The first-order valence-corrected chi connectivity index (χ1v) is 15.0. The van der Waals surface area contributed by atoms with Crippen LogP contribution < -0.4 is 9.62 Å². The Morgan fingerprint density at radius 1 is 1.03 bits per heavy atom. The molecule has 0 spiro atoms. The molecule has 3 rings (SSSR count). The van der Waals surface area contributed by atoms with E-state index in [2.05, 4.69) is 5.32 Å². The SMILES string of the molecule is Cc1cc(C)cc(N(CCCC(=O)N(Cc2ccccc2C)C(C)C(=O)NC2CCCC2)S(C)(=O)=O)c1. The maximum atomic E-state index is 13.5. The molecule has 0 radical (unpaired) electrons. The summed E-state index contributed by atoms with van der Waals surface area (Å²) in [6, 6.07) is 13.1. The number of amides is 2. The zero-order valence-electron chi connectivity index (χ0n) is 22.8. The van der Waals surface area contributed by atoms with E-state index in [9.17, 15) is 18.0 Å². The average molecular weight is 528 g/mol. The highest BCUT2D eigenvalue weighted by Gasteiger charge is 2.29. The Bertz CT molecular complexity index is 1190. The average Bonchev–Trinajstić information content (AvgIpc) is 3.32. The molecule has 37 heavy (non-hydrogen) atoms. The molecule has 1 N–H and O–H groups in total. The lowest BCUT2D eigenvalue weighted by Crippen LogP contribution is -2.49. The van der Waals surface area contributed by atoms with E-state index in [4.69, 9.17) is 0 Å². The van der Waals surface area contributed by atoms with Gasteiger partial charge in [-0.15, -0.1) is 0 Å². The summed E-state index contributed by atoms with van der Waals surface area (Å²) in [7, 11) is -3.52. The van der Waals surface area contributed by atoms with Gasteiger partial charge in [0.25, 0.3) is 0 Å². The highest BCUT2D eigenvalue weighted by Crippen LogP contribution is 2.23. The van der Waals surface area contributed by atoms with Crippen molar-refractivity contribution in [3.63, 3.8) is 0 Å². The van der Waals surface area contributed by atoms with Crippen LogP contribution in [0.4, 0.5) is 5.69 Å². The molecule has 1 aliphatic rings. The first-order chi connectivity index (χ1) is 17.5. The van der Waals surface area contributed by atoms with Crippen LogP contribution in [0, 0.1) is 20.8 Å². The van der Waals surface area contributed by atoms with Gasteiger partial charge < -0.3 is 10.2 Å². The van der Waals surface area contributed by atoms with Crippen molar-refractivity contribution in [3.8, 4) is 0 Å². The number of rotatable bonds is 11. The van der Waals surface area contributed by atoms with Gasteiger partial charge in [0, 0.05) is 25.6 Å². The maximum Gasteiger partial charge on any atom is 0.242 e. The van der Waals surface area contributed by atoms with Gasteiger partial charge in [0.05, 0.1) is 11.9 Å². The lowest BCUT2D eigenvalue weighted by molar-refractivity contribution is -0.141. The predicted octanol–water partition coefficient (Wildman–Crippen LogP) is 4.63. The molecule has 0 aromatic heterocycles. The Labute approximate surface area is 222 Å². The summed E-state index contributed by atoms with van der Waals surface area (Å²) < 4.78 is 26.5. The van der Waals surface area contributed by atoms with Crippen molar-refractivity contribution in [1.82, 2.24) is 10.2 Å². The molecular weight excluding hydrogens is 486 g/mol. The molecule has 1 unspecified atom stereocenters. The molecule has 2 aromatic carbocycles. The van der Waals surface area contributed by atoms with Gasteiger partial charge in [-0.1, -0.05) is 43.2 Å². The summed E-state index contributed by atoms with van der Waals surface area (Å²) >= 11 is 0. The fourth-order valence-electron chi connectivity index (χ4n) is 5.04. The lowest BCUT2D eigenvalue weighted by atomic mass is 10.1. The Hall–Kier alpha value is -2.87. The minimum Gasteiger partial charge on any atom is -0.352 e. The summed E-state index contributed by atoms with van der Waals surface area (Å²) in [6.07, 6.45) is 5.86. The van der Waals surface area contributed by atoms with Crippen molar-refractivity contribution in [2.24, 2.45) is 0 Å². The minimum atomic E-state index is -3.52.